The van der Waals surface area contributed by atoms with E-state index in [2.05, 4.69) is 49.1 Å². The first-order valence-corrected chi connectivity index (χ1v) is 6.94. The highest BCUT2D eigenvalue weighted by Gasteiger charge is 2.28. The molecule has 1 fully saturated rings. The van der Waals surface area contributed by atoms with Crippen LogP contribution in [0.1, 0.15) is 32.2 Å². The zero-order chi connectivity index (χ0) is 13.3. The molecule has 18 heavy (non-hydrogen) atoms. The zero-order valence-electron chi connectivity index (χ0n) is 12.3. The Morgan fingerprint density at radius 3 is 2.78 bits per heavy atom. The van der Waals surface area contributed by atoms with Crippen LogP contribution in [0.2, 0.25) is 0 Å². The largest absolute Gasteiger partial charge is 0.311 e. The molecular formula is C14H26N4. The van der Waals surface area contributed by atoms with Crippen molar-refractivity contribution in [1.29, 1.82) is 0 Å². The summed E-state index contributed by atoms with van der Waals surface area (Å²) in [6.45, 7) is 12.2. The second kappa shape index (κ2) is 5.41. The summed E-state index contributed by atoms with van der Waals surface area (Å²) in [5.41, 5.74) is 2.42. The number of rotatable bonds is 3. The summed E-state index contributed by atoms with van der Waals surface area (Å²) in [7, 11) is 2.04. The van der Waals surface area contributed by atoms with Crippen LogP contribution in [0.15, 0.2) is 6.07 Å². The number of aromatic nitrogens is 2. The van der Waals surface area contributed by atoms with Crippen LogP contribution in [0.5, 0.6) is 0 Å². The Morgan fingerprint density at radius 1 is 1.50 bits per heavy atom. The Kier molecular flexibility index (Phi) is 4.07. The fraction of sp³-hybridized carbons (Fsp3) is 0.786. The maximum absolute atomic E-state index is 4.44. The fourth-order valence-electron chi connectivity index (χ4n) is 2.86. The number of piperazine rings is 1. The molecule has 0 radical (unpaired) electrons. The van der Waals surface area contributed by atoms with E-state index >= 15 is 0 Å². The molecule has 4 nitrogen and oxygen atoms in total. The van der Waals surface area contributed by atoms with E-state index in [-0.39, 0.29) is 0 Å². The predicted octanol–water partition coefficient (Wildman–Crippen LogP) is 1.55. The first kappa shape index (κ1) is 13.6. The van der Waals surface area contributed by atoms with E-state index in [4.69, 9.17) is 0 Å². The lowest BCUT2D eigenvalue weighted by molar-refractivity contribution is 0.0930. The first-order valence-electron chi connectivity index (χ1n) is 6.94. The van der Waals surface area contributed by atoms with E-state index in [1.54, 1.807) is 0 Å². The lowest BCUT2D eigenvalue weighted by Crippen LogP contribution is -2.56. The minimum Gasteiger partial charge on any atom is -0.311 e. The SMILES string of the molecule is Cc1cc(CN2CC(C)NCC2C(C)C)n(C)n1. The van der Waals surface area contributed by atoms with Crippen LogP contribution >= 0.6 is 0 Å². The van der Waals surface area contributed by atoms with Crippen LogP contribution < -0.4 is 5.32 Å². The molecule has 1 aliphatic heterocycles. The lowest BCUT2D eigenvalue weighted by Gasteiger charge is -2.41. The smallest absolute Gasteiger partial charge is 0.0597 e. The molecule has 0 spiro atoms. The Morgan fingerprint density at radius 2 is 2.22 bits per heavy atom. The van der Waals surface area contributed by atoms with Gasteiger partial charge in [-0.3, -0.25) is 9.58 Å². The van der Waals surface area contributed by atoms with Crippen LogP contribution in [-0.2, 0) is 13.6 Å². The first-order chi connectivity index (χ1) is 8.47. The van der Waals surface area contributed by atoms with Crippen molar-refractivity contribution in [3.05, 3.63) is 17.5 Å². The van der Waals surface area contributed by atoms with Gasteiger partial charge in [0.2, 0.25) is 0 Å². The quantitative estimate of drug-likeness (QED) is 0.883. The molecule has 0 aromatic carbocycles. The third-order valence-corrected chi connectivity index (χ3v) is 3.89. The number of nitrogens with zero attached hydrogens (tertiary/aromatic N) is 3. The number of aryl methyl sites for hydroxylation is 2. The van der Waals surface area contributed by atoms with Crippen molar-refractivity contribution in [3.63, 3.8) is 0 Å². The van der Waals surface area contributed by atoms with Crippen molar-refractivity contribution in [2.24, 2.45) is 13.0 Å². The van der Waals surface area contributed by atoms with Crippen molar-refractivity contribution in [2.45, 2.75) is 46.3 Å². The highest BCUT2D eigenvalue weighted by molar-refractivity contribution is 5.09. The summed E-state index contributed by atoms with van der Waals surface area (Å²) in [4.78, 5) is 2.60. The van der Waals surface area contributed by atoms with E-state index in [1.165, 1.54) is 5.69 Å². The van der Waals surface area contributed by atoms with Gasteiger partial charge in [0, 0.05) is 38.8 Å². The second-order valence-corrected chi connectivity index (χ2v) is 5.95. The molecular weight excluding hydrogens is 224 g/mol. The monoisotopic (exact) mass is 250 g/mol. The standard InChI is InChI=1S/C14H26N4/c1-10(2)14-7-15-12(4)8-18(14)9-13-6-11(3)16-17(13)5/h6,10,12,14-15H,7-9H2,1-5H3. The molecule has 2 unspecified atom stereocenters. The van der Waals surface area contributed by atoms with Gasteiger partial charge >= 0.3 is 0 Å². The minimum absolute atomic E-state index is 0.578. The van der Waals surface area contributed by atoms with Crippen LogP contribution in [0.25, 0.3) is 0 Å². The summed E-state index contributed by atoms with van der Waals surface area (Å²) in [5, 5.41) is 8.02. The van der Waals surface area contributed by atoms with Gasteiger partial charge in [0.05, 0.1) is 11.4 Å². The van der Waals surface area contributed by atoms with Gasteiger partial charge in [-0.05, 0) is 25.8 Å². The molecule has 2 rings (SSSR count). The number of hydrogen-bond acceptors (Lipinski definition) is 3. The molecule has 1 saturated heterocycles. The normalized spacial score (nSPS) is 25.9. The molecule has 1 aromatic heterocycles. The number of hydrogen-bond donors (Lipinski definition) is 1. The van der Waals surface area contributed by atoms with Crippen LogP contribution in [0, 0.1) is 12.8 Å². The van der Waals surface area contributed by atoms with Gasteiger partial charge in [-0.25, -0.2) is 0 Å². The topological polar surface area (TPSA) is 33.1 Å². The van der Waals surface area contributed by atoms with E-state index in [9.17, 15) is 0 Å². The number of nitrogens with one attached hydrogen (secondary N) is 1. The molecule has 0 saturated carbocycles. The van der Waals surface area contributed by atoms with Crippen LogP contribution in [0.3, 0.4) is 0 Å². The van der Waals surface area contributed by atoms with Crippen molar-refractivity contribution in [2.75, 3.05) is 13.1 Å². The van der Waals surface area contributed by atoms with Gasteiger partial charge in [-0.15, -0.1) is 0 Å². The molecule has 2 heterocycles. The maximum atomic E-state index is 4.44. The van der Waals surface area contributed by atoms with E-state index < -0.39 is 0 Å². The van der Waals surface area contributed by atoms with Gasteiger partial charge in [0.15, 0.2) is 0 Å². The van der Waals surface area contributed by atoms with Gasteiger partial charge in [-0.2, -0.15) is 5.10 Å². The average Bonchev–Trinajstić information content (AvgIpc) is 2.57. The Labute approximate surface area is 110 Å². The van der Waals surface area contributed by atoms with E-state index in [1.807, 2.05) is 11.7 Å². The second-order valence-electron chi connectivity index (χ2n) is 5.95. The lowest BCUT2D eigenvalue weighted by atomic mass is 9.98. The van der Waals surface area contributed by atoms with Gasteiger partial charge in [0.1, 0.15) is 0 Å². The zero-order valence-corrected chi connectivity index (χ0v) is 12.3. The molecule has 102 valence electrons. The van der Waals surface area contributed by atoms with Crippen molar-refractivity contribution in [1.82, 2.24) is 20.0 Å². The Hall–Kier alpha value is -0.870. The molecule has 1 N–H and O–H groups in total. The third kappa shape index (κ3) is 2.93. The fourth-order valence-corrected chi connectivity index (χ4v) is 2.86. The van der Waals surface area contributed by atoms with Gasteiger partial charge in [-0.1, -0.05) is 13.8 Å². The maximum Gasteiger partial charge on any atom is 0.0597 e. The summed E-state index contributed by atoms with van der Waals surface area (Å²) in [6, 6.07) is 3.40. The molecule has 1 aliphatic rings. The van der Waals surface area contributed by atoms with Crippen molar-refractivity contribution >= 4 is 0 Å². The Balaban J connectivity index is 2.11. The predicted molar refractivity (Wildman–Crippen MR) is 74.4 cm³/mol. The summed E-state index contributed by atoms with van der Waals surface area (Å²) < 4.78 is 2.01. The van der Waals surface area contributed by atoms with Gasteiger partial charge < -0.3 is 5.32 Å². The summed E-state index contributed by atoms with van der Waals surface area (Å²) in [6.07, 6.45) is 0. The highest BCUT2D eigenvalue weighted by Crippen LogP contribution is 2.18. The molecule has 0 amide bonds. The molecule has 0 bridgehead atoms. The van der Waals surface area contributed by atoms with Crippen molar-refractivity contribution in [3.8, 4) is 0 Å². The Bertz CT molecular complexity index is 396. The summed E-state index contributed by atoms with van der Waals surface area (Å²) in [5.74, 6) is 0.680. The molecule has 2 atom stereocenters. The van der Waals surface area contributed by atoms with E-state index in [0.29, 0.717) is 18.0 Å². The van der Waals surface area contributed by atoms with Crippen molar-refractivity contribution < 1.29 is 0 Å². The molecule has 0 aliphatic carbocycles. The summed E-state index contributed by atoms with van der Waals surface area (Å²) >= 11 is 0. The van der Waals surface area contributed by atoms with Crippen LogP contribution in [-0.4, -0.2) is 39.9 Å². The highest BCUT2D eigenvalue weighted by atomic mass is 15.3. The van der Waals surface area contributed by atoms with Gasteiger partial charge in [0.25, 0.3) is 0 Å². The molecule has 1 aromatic rings. The molecule has 4 heteroatoms. The van der Waals surface area contributed by atoms with Crippen LogP contribution in [0.4, 0.5) is 0 Å². The minimum atomic E-state index is 0.578. The van der Waals surface area contributed by atoms with E-state index in [0.717, 1.165) is 25.3 Å². The average molecular weight is 250 g/mol. The third-order valence-electron chi connectivity index (χ3n) is 3.89.